The average Bonchev–Trinajstić information content (AvgIpc) is 2.79. The molecule has 0 fully saturated rings. The van der Waals surface area contributed by atoms with Gasteiger partial charge in [0.1, 0.15) is 12.4 Å². The van der Waals surface area contributed by atoms with Gasteiger partial charge in [-0.2, -0.15) is 0 Å². The number of hydrogen-bond donors (Lipinski definition) is 0. The zero-order chi connectivity index (χ0) is 21.8. The third kappa shape index (κ3) is 4.62. The fourth-order valence-corrected chi connectivity index (χ4v) is 4.17. The highest BCUT2D eigenvalue weighted by atomic mass is 35.5. The molecule has 0 aliphatic rings. The van der Waals surface area contributed by atoms with E-state index in [1.807, 2.05) is 48.5 Å². The quantitative estimate of drug-likeness (QED) is 0.268. The van der Waals surface area contributed by atoms with Gasteiger partial charge < -0.3 is 4.74 Å². The number of ketones is 1. The molecule has 4 rings (SSSR count). The molecule has 154 valence electrons. The molecule has 0 bridgehead atoms. The summed E-state index contributed by atoms with van der Waals surface area (Å²) in [6.45, 7) is 0.346. The molecule has 0 saturated heterocycles. The van der Waals surface area contributed by atoms with E-state index in [1.54, 1.807) is 42.5 Å². The fourth-order valence-electron chi connectivity index (χ4n) is 3.30. The van der Waals surface area contributed by atoms with Gasteiger partial charge in [-0.15, -0.1) is 0 Å². The molecule has 0 unspecified atom stereocenters. The Hall–Kier alpha value is -2.78. The van der Waals surface area contributed by atoms with Gasteiger partial charge in [0.15, 0.2) is 5.78 Å². The normalized spacial score (nSPS) is 10.7. The van der Waals surface area contributed by atoms with Crippen LogP contribution in [0.15, 0.2) is 91.0 Å². The molecule has 5 heteroatoms. The Morgan fingerprint density at radius 1 is 0.677 bits per heavy atom. The smallest absolute Gasteiger partial charge is 0.196 e. The van der Waals surface area contributed by atoms with Crippen molar-refractivity contribution in [1.82, 2.24) is 0 Å². The van der Waals surface area contributed by atoms with Crippen molar-refractivity contribution in [3.05, 3.63) is 123 Å². The molecule has 4 aromatic carbocycles. The van der Waals surface area contributed by atoms with E-state index in [9.17, 15) is 4.79 Å². The maximum absolute atomic E-state index is 13.1. The molecule has 0 N–H and O–H groups in total. The summed E-state index contributed by atoms with van der Waals surface area (Å²) < 4.78 is 6.07. The van der Waals surface area contributed by atoms with E-state index in [4.69, 9.17) is 39.5 Å². The van der Waals surface area contributed by atoms with Crippen molar-refractivity contribution in [1.29, 1.82) is 0 Å². The molecule has 4 aromatic rings. The molecule has 0 aliphatic heterocycles. The number of hydrogen-bond acceptors (Lipinski definition) is 2. The SMILES string of the molecule is O=C(c1ccccc1)c1c(Cl)ccc(-c2cccc(Cl)c2OCc2ccccc2)c1Cl. The Balaban J connectivity index is 1.77. The summed E-state index contributed by atoms with van der Waals surface area (Å²) in [5.74, 6) is 0.251. The lowest BCUT2D eigenvalue weighted by Crippen LogP contribution is -2.04. The predicted molar refractivity (Wildman–Crippen MR) is 128 cm³/mol. The molecule has 0 heterocycles. The summed E-state index contributed by atoms with van der Waals surface area (Å²) >= 11 is 19.6. The number of ether oxygens (including phenoxy) is 1. The minimum absolute atomic E-state index is 0.244. The summed E-state index contributed by atoms with van der Waals surface area (Å²) in [5, 5.41) is 1.000. The first-order chi connectivity index (χ1) is 15.1. The summed E-state index contributed by atoms with van der Waals surface area (Å²) in [4.78, 5) is 13.1. The molecule has 0 atom stereocenters. The van der Waals surface area contributed by atoms with Crippen molar-refractivity contribution >= 4 is 40.6 Å². The molecule has 0 spiro atoms. The van der Waals surface area contributed by atoms with Crippen LogP contribution in [0.4, 0.5) is 0 Å². The zero-order valence-corrected chi connectivity index (χ0v) is 18.6. The van der Waals surface area contributed by atoms with Gasteiger partial charge in [0.25, 0.3) is 0 Å². The third-order valence-corrected chi connectivity index (χ3v) is 5.84. The second kappa shape index (κ2) is 9.57. The van der Waals surface area contributed by atoms with E-state index in [-0.39, 0.29) is 21.4 Å². The number of para-hydroxylation sites is 1. The van der Waals surface area contributed by atoms with Gasteiger partial charge in [-0.1, -0.05) is 114 Å². The number of benzene rings is 4. The highest BCUT2D eigenvalue weighted by Crippen LogP contribution is 2.42. The number of halogens is 3. The summed E-state index contributed by atoms with van der Waals surface area (Å²) in [6, 6.07) is 27.6. The van der Waals surface area contributed by atoms with Crippen molar-refractivity contribution in [2.75, 3.05) is 0 Å². The van der Waals surface area contributed by atoms with E-state index in [0.29, 0.717) is 34.1 Å². The Kier molecular flexibility index (Phi) is 6.62. The van der Waals surface area contributed by atoms with Crippen molar-refractivity contribution in [2.24, 2.45) is 0 Å². The van der Waals surface area contributed by atoms with Gasteiger partial charge in [0, 0.05) is 16.7 Å². The van der Waals surface area contributed by atoms with Gasteiger partial charge in [-0.05, 0) is 17.7 Å². The molecule has 2 nitrogen and oxygen atoms in total. The van der Waals surface area contributed by atoms with Crippen molar-refractivity contribution in [3.8, 4) is 16.9 Å². The van der Waals surface area contributed by atoms with Crippen molar-refractivity contribution in [2.45, 2.75) is 6.61 Å². The van der Waals surface area contributed by atoms with Crippen LogP contribution in [0.5, 0.6) is 5.75 Å². The van der Waals surface area contributed by atoms with Crippen LogP contribution in [-0.4, -0.2) is 5.78 Å². The van der Waals surface area contributed by atoms with Crippen molar-refractivity contribution in [3.63, 3.8) is 0 Å². The summed E-state index contributed by atoms with van der Waals surface area (Å²) in [6.07, 6.45) is 0. The summed E-state index contributed by atoms with van der Waals surface area (Å²) in [5.41, 5.74) is 3.08. The molecule has 0 radical (unpaired) electrons. The van der Waals surface area contributed by atoms with Crippen LogP contribution >= 0.6 is 34.8 Å². The van der Waals surface area contributed by atoms with E-state index in [2.05, 4.69) is 0 Å². The highest BCUT2D eigenvalue weighted by molar-refractivity contribution is 6.42. The summed E-state index contributed by atoms with van der Waals surface area (Å²) in [7, 11) is 0. The Bertz CT molecular complexity index is 1220. The first-order valence-electron chi connectivity index (χ1n) is 9.59. The second-order valence-electron chi connectivity index (χ2n) is 6.87. The number of carbonyl (C=O) groups is 1. The van der Waals surface area contributed by atoms with Crippen molar-refractivity contribution < 1.29 is 9.53 Å². The van der Waals surface area contributed by atoms with E-state index in [0.717, 1.165) is 5.56 Å². The second-order valence-corrected chi connectivity index (χ2v) is 8.06. The first kappa shape index (κ1) is 21.5. The van der Waals surface area contributed by atoms with Crippen LogP contribution < -0.4 is 4.74 Å². The standard InChI is InChI=1S/C26H17Cl3O2/c27-21-15-14-19(24(29)23(21)25(30)18-10-5-2-6-11-18)20-12-7-13-22(28)26(20)31-16-17-8-3-1-4-9-17/h1-15H,16H2. The maximum atomic E-state index is 13.1. The number of rotatable bonds is 6. The van der Waals surface area contributed by atoms with E-state index >= 15 is 0 Å². The minimum atomic E-state index is -0.244. The predicted octanol–water partition coefficient (Wildman–Crippen LogP) is 8.12. The van der Waals surface area contributed by atoms with Gasteiger partial charge in [-0.25, -0.2) is 0 Å². The molecule has 0 saturated carbocycles. The van der Waals surface area contributed by atoms with E-state index in [1.165, 1.54) is 0 Å². The van der Waals surface area contributed by atoms with Crippen LogP contribution in [-0.2, 0) is 6.61 Å². The average molecular weight is 468 g/mol. The van der Waals surface area contributed by atoms with Gasteiger partial charge >= 0.3 is 0 Å². The minimum Gasteiger partial charge on any atom is -0.487 e. The molecule has 31 heavy (non-hydrogen) atoms. The Labute approximate surface area is 196 Å². The highest BCUT2D eigenvalue weighted by Gasteiger charge is 2.22. The topological polar surface area (TPSA) is 26.3 Å². The van der Waals surface area contributed by atoms with E-state index < -0.39 is 0 Å². The largest absolute Gasteiger partial charge is 0.487 e. The van der Waals surface area contributed by atoms with Gasteiger partial charge in [0.05, 0.1) is 20.6 Å². The molecular formula is C26H17Cl3O2. The molecule has 0 amide bonds. The van der Waals surface area contributed by atoms with Crippen LogP contribution in [0, 0.1) is 0 Å². The number of carbonyl (C=O) groups excluding carboxylic acids is 1. The van der Waals surface area contributed by atoms with Crippen LogP contribution in [0.25, 0.3) is 11.1 Å². The Morgan fingerprint density at radius 2 is 1.35 bits per heavy atom. The molecule has 0 aliphatic carbocycles. The Morgan fingerprint density at radius 3 is 2.06 bits per heavy atom. The lowest BCUT2D eigenvalue weighted by atomic mass is 9.97. The van der Waals surface area contributed by atoms with Crippen LogP contribution in [0.3, 0.4) is 0 Å². The fraction of sp³-hybridized carbons (Fsp3) is 0.0385. The lowest BCUT2D eigenvalue weighted by Gasteiger charge is -2.16. The maximum Gasteiger partial charge on any atom is 0.196 e. The van der Waals surface area contributed by atoms with Gasteiger partial charge in [0.2, 0.25) is 0 Å². The molecule has 0 aromatic heterocycles. The molecular weight excluding hydrogens is 451 g/mol. The van der Waals surface area contributed by atoms with Crippen LogP contribution in [0.1, 0.15) is 21.5 Å². The first-order valence-corrected chi connectivity index (χ1v) is 10.7. The lowest BCUT2D eigenvalue weighted by molar-refractivity contribution is 0.103. The zero-order valence-electron chi connectivity index (χ0n) is 16.3. The monoisotopic (exact) mass is 466 g/mol. The van der Waals surface area contributed by atoms with Gasteiger partial charge in [-0.3, -0.25) is 4.79 Å². The van der Waals surface area contributed by atoms with Crippen LogP contribution in [0.2, 0.25) is 15.1 Å². The third-order valence-electron chi connectivity index (χ3n) is 4.84.